The molecule has 0 unspecified atom stereocenters. The number of pyridine rings is 1. The van der Waals surface area contributed by atoms with Crippen molar-refractivity contribution in [2.24, 2.45) is 0 Å². The third kappa shape index (κ3) is 4.71. The first kappa shape index (κ1) is 18.2. The van der Waals surface area contributed by atoms with E-state index in [1.807, 2.05) is 0 Å². The van der Waals surface area contributed by atoms with Gasteiger partial charge in [-0.25, -0.2) is 17.8 Å². The van der Waals surface area contributed by atoms with Crippen LogP contribution in [0.5, 0.6) is 0 Å². The molecule has 0 aliphatic heterocycles. The monoisotopic (exact) mass is 391 g/mol. The Morgan fingerprint density at radius 2 is 1.81 bits per heavy atom. The van der Waals surface area contributed by atoms with Crippen LogP contribution in [-0.2, 0) is 16.6 Å². The van der Waals surface area contributed by atoms with Gasteiger partial charge in [0.2, 0.25) is 0 Å². The summed E-state index contributed by atoms with van der Waals surface area (Å²) in [6, 6.07) is 15.4. The molecule has 8 heteroatoms. The second-order valence-electron chi connectivity index (χ2n) is 5.48. The molecule has 5 nitrogen and oxygen atoms in total. The molecule has 0 aliphatic carbocycles. The van der Waals surface area contributed by atoms with Gasteiger partial charge in [0, 0.05) is 11.6 Å². The average molecular weight is 392 g/mol. The molecule has 0 saturated carbocycles. The van der Waals surface area contributed by atoms with Crippen molar-refractivity contribution in [2.45, 2.75) is 11.4 Å². The van der Waals surface area contributed by atoms with E-state index in [4.69, 9.17) is 11.6 Å². The van der Waals surface area contributed by atoms with Crippen LogP contribution < -0.4 is 10.0 Å². The van der Waals surface area contributed by atoms with Crippen molar-refractivity contribution < 1.29 is 12.8 Å². The Balaban J connectivity index is 1.64. The number of nitrogens with one attached hydrogen (secondary N) is 2. The van der Waals surface area contributed by atoms with Crippen LogP contribution >= 0.6 is 11.6 Å². The minimum atomic E-state index is -3.76. The zero-order chi connectivity index (χ0) is 18.6. The molecule has 1 heterocycles. The molecule has 0 amide bonds. The molecule has 2 aromatic carbocycles. The lowest BCUT2D eigenvalue weighted by Crippen LogP contribution is -2.14. The van der Waals surface area contributed by atoms with E-state index in [1.54, 1.807) is 36.4 Å². The quantitative estimate of drug-likeness (QED) is 0.657. The van der Waals surface area contributed by atoms with Crippen molar-refractivity contribution in [2.75, 3.05) is 10.0 Å². The minimum Gasteiger partial charge on any atom is -0.380 e. The van der Waals surface area contributed by atoms with Gasteiger partial charge in [0.1, 0.15) is 11.6 Å². The lowest BCUT2D eigenvalue weighted by atomic mass is 10.2. The van der Waals surface area contributed by atoms with Crippen LogP contribution in [0.1, 0.15) is 5.56 Å². The molecule has 0 radical (unpaired) electrons. The highest BCUT2D eigenvalue weighted by molar-refractivity contribution is 7.92. The lowest BCUT2D eigenvalue weighted by Gasteiger charge is -2.09. The zero-order valence-electron chi connectivity index (χ0n) is 13.5. The Morgan fingerprint density at radius 3 is 2.46 bits per heavy atom. The van der Waals surface area contributed by atoms with Crippen LogP contribution in [0.4, 0.5) is 15.9 Å². The van der Waals surface area contributed by atoms with Gasteiger partial charge in [0.05, 0.1) is 16.8 Å². The fraction of sp³-hybridized carbons (Fsp3) is 0.0556. The number of hydrogen-bond acceptors (Lipinski definition) is 4. The summed E-state index contributed by atoms with van der Waals surface area (Å²) < 4.78 is 39.9. The van der Waals surface area contributed by atoms with Gasteiger partial charge in [-0.3, -0.25) is 4.72 Å². The highest BCUT2D eigenvalue weighted by Crippen LogP contribution is 2.19. The molecule has 134 valence electrons. The summed E-state index contributed by atoms with van der Waals surface area (Å²) in [7, 11) is -3.76. The fourth-order valence-corrected chi connectivity index (χ4v) is 3.50. The molecule has 3 aromatic rings. The van der Waals surface area contributed by atoms with E-state index in [1.165, 1.54) is 30.5 Å². The largest absolute Gasteiger partial charge is 0.380 e. The number of sulfonamides is 1. The van der Waals surface area contributed by atoms with Crippen LogP contribution in [-0.4, -0.2) is 13.4 Å². The topological polar surface area (TPSA) is 71.1 Å². The molecule has 1 aromatic heterocycles. The van der Waals surface area contributed by atoms with Crippen LogP contribution in [0, 0.1) is 5.82 Å². The van der Waals surface area contributed by atoms with Gasteiger partial charge >= 0.3 is 0 Å². The molecule has 2 N–H and O–H groups in total. The SMILES string of the molecule is O=S(=O)(Nc1ccc(NCc2ccc(F)cc2)cn1)c1cccc(Cl)c1. The highest BCUT2D eigenvalue weighted by Gasteiger charge is 2.15. The maximum absolute atomic E-state index is 12.9. The van der Waals surface area contributed by atoms with Crippen molar-refractivity contribution in [1.82, 2.24) is 4.98 Å². The molecular formula is C18H15ClFN3O2S. The van der Waals surface area contributed by atoms with Crippen molar-refractivity contribution >= 4 is 33.1 Å². The normalized spacial score (nSPS) is 11.2. The summed E-state index contributed by atoms with van der Waals surface area (Å²) in [6.07, 6.45) is 1.51. The number of aromatic nitrogens is 1. The fourth-order valence-electron chi connectivity index (χ4n) is 2.20. The Hall–Kier alpha value is -2.64. The third-order valence-electron chi connectivity index (χ3n) is 3.52. The first-order valence-electron chi connectivity index (χ1n) is 7.65. The van der Waals surface area contributed by atoms with Crippen LogP contribution in [0.2, 0.25) is 5.02 Å². The third-order valence-corrected chi connectivity index (χ3v) is 5.11. The molecular weight excluding hydrogens is 377 g/mol. The number of halogens is 2. The number of hydrogen-bond donors (Lipinski definition) is 2. The number of nitrogens with zero attached hydrogens (tertiary/aromatic N) is 1. The Morgan fingerprint density at radius 1 is 1.04 bits per heavy atom. The highest BCUT2D eigenvalue weighted by atomic mass is 35.5. The standard InChI is InChI=1S/C18H15ClFN3O2S/c19-14-2-1-3-17(10-14)26(24,25)23-18-9-8-16(12-22-18)21-11-13-4-6-15(20)7-5-13/h1-10,12,21H,11H2,(H,22,23). The first-order chi connectivity index (χ1) is 12.4. The van der Waals surface area contributed by atoms with E-state index in [9.17, 15) is 12.8 Å². The maximum Gasteiger partial charge on any atom is 0.263 e. The van der Waals surface area contributed by atoms with Gasteiger partial charge in [0.25, 0.3) is 10.0 Å². The summed E-state index contributed by atoms with van der Waals surface area (Å²) in [6.45, 7) is 0.496. The lowest BCUT2D eigenvalue weighted by molar-refractivity contribution is 0.601. The van der Waals surface area contributed by atoms with Gasteiger partial charge in [-0.15, -0.1) is 0 Å². The van der Waals surface area contributed by atoms with Crippen LogP contribution in [0.15, 0.2) is 71.8 Å². The molecule has 0 aliphatic rings. The van der Waals surface area contributed by atoms with Crippen LogP contribution in [0.25, 0.3) is 0 Å². The Labute approximate surface area is 155 Å². The summed E-state index contributed by atoms with van der Waals surface area (Å²) in [5.41, 5.74) is 1.62. The molecule has 0 atom stereocenters. The average Bonchev–Trinajstić information content (AvgIpc) is 2.62. The van der Waals surface area contributed by atoms with Crippen molar-refractivity contribution in [1.29, 1.82) is 0 Å². The zero-order valence-corrected chi connectivity index (χ0v) is 15.1. The second kappa shape index (κ2) is 7.72. The maximum atomic E-state index is 12.9. The summed E-state index contributed by atoms with van der Waals surface area (Å²) in [5, 5.41) is 3.46. The molecule has 3 rings (SSSR count). The van der Waals surface area contributed by atoms with E-state index in [0.29, 0.717) is 17.3 Å². The van der Waals surface area contributed by atoms with Crippen molar-refractivity contribution in [3.8, 4) is 0 Å². The summed E-state index contributed by atoms with van der Waals surface area (Å²) >= 11 is 5.83. The Bertz CT molecular complexity index is 994. The predicted octanol–water partition coefficient (Wildman–Crippen LogP) is 4.29. The van der Waals surface area contributed by atoms with E-state index in [2.05, 4.69) is 15.0 Å². The van der Waals surface area contributed by atoms with Crippen molar-refractivity contribution in [3.63, 3.8) is 0 Å². The van der Waals surface area contributed by atoms with Gasteiger partial charge in [-0.2, -0.15) is 0 Å². The van der Waals surface area contributed by atoms with Crippen molar-refractivity contribution in [3.05, 3.63) is 83.3 Å². The van der Waals surface area contributed by atoms with Gasteiger partial charge in [-0.1, -0.05) is 29.8 Å². The first-order valence-corrected chi connectivity index (χ1v) is 9.51. The van der Waals surface area contributed by atoms with E-state index >= 15 is 0 Å². The smallest absolute Gasteiger partial charge is 0.263 e. The molecule has 26 heavy (non-hydrogen) atoms. The van der Waals surface area contributed by atoms with Gasteiger partial charge in [-0.05, 0) is 48.0 Å². The minimum absolute atomic E-state index is 0.0605. The van der Waals surface area contributed by atoms with E-state index < -0.39 is 10.0 Å². The van der Waals surface area contributed by atoms with Gasteiger partial charge in [0.15, 0.2) is 0 Å². The summed E-state index contributed by atoms with van der Waals surface area (Å²) in [5.74, 6) is -0.0935. The number of rotatable bonds is 6. The van der Waals surface area contributed by atoms with E-state index in [0.717, 1.165) is 5.56 Å². The van der Waals surface area contributed by atoms with Crippen LogP contribution in [0.3, 0.4) is 0 Å². The molecule has 0 bridgehead atoms. The number of benzene rings is 2. The number of anilines is 2. The second-order valence-corrected chi connectivity index (χ2v) is 7.59. The summed E-state index contributed by atoms with van der Waals surface area (Å²) in [4.78, 5) is 4.15. The molecule has 0 fully saturated rings. The van der Waals surface area contributed by atoms with Gasteiger partial charge < -0.3 is 5.32 Å². The van der Waals surface area contributed by atoms with E-state index in [-0.39, 0.29) is 16.5 Å². The predicted molar refractivity (Wildman–Crippen MR) is 100 cm³/mol. The molecule has 0 saturated heterocycles. The molecule has 0 spiro atoms. The Kier molecular flexibility index (Phi) is 5.39.